The zero-order valence-corrected chi connectivity index (χ0v) is 12.4. The van der Waals surface area contributed by atoms with Crippen LogP contribution >= 0.6 is 11.6 Å². The highest BCUT2D eigenvalue weighted by molar-refractivity contribution is 6.30. The van der Waals surface area contributed by atoms with Crippen LogP contribution in [0.25, 0.3) is 17.3 Å². The lowest BCUT2D eigenvalue weighted by molar-refractivity contribution is -0.117. The molecule has 1 heterocycles. The van der Waals surface area contributed by atoms with E-state index in [0.29, 0.717) is 10.6 Å². The van der Waals surface area contributed by atoms with Crippen molar-refractivity contribution >= 4 is 23.6 Å². The Morgan fingerprint density at radius 3 is 2.77 bits per heavy atom. The van der Waals surface area contributed by atoms with E-state index in [1.807, 2.05) is 18.2 Å². The maximum absolute atomic E-state index is 12.0. The number of nitrogens with zero attached hydrogens (tertiary/aromatic N) is 2. The summed E-state index contributed by atoms with van der Waals surface area (Å²) in [6.07, 6.45) is 5.09. The lowest BCUT2D eigenvalue weighted by Crippen LogP contribution is -2.26. The lowest BCUT2D eigenvalue weighted by Gasteiger charge is -2.03. The standard InChI is InChI=1S/C16H13ClN4O/c17-13-3-1-10(2-4-13)15-12(9-19-21-15)7-11(8-18)16(22)20-14-5-6-14/h1-4,7,9,14H,5-6H2,(H,19,21)(H,20,22). The predicted octanol–water partition coefficient (Wildman–Crippen LogP) is 2.92. The van der Waals surface area contributed by atoms with Gasteiger partial charge in [0.15, 0.2) is 0 Å². The normalized spacial score (nSPS) is 14.5. The number of carbonyl (C=O) groups excluding carboxylic acids is 1. The molecule has 110 valence electrons. The topological polar surface area (TPSA) is 81.6 Å². The number of aromatic amines is 1. The van der Waals surface area contributed by atoms with Gasteiger partial charge in [-0.05, 0) is 31.1 Å². The molecule has 1 fully saturated rings. The third kappa shape index (κ3) is 3.18. The fraction of sp³-hybridized carbons (Fsp3) is 0.188. The highest BCUT2D eigenvalue weighted by Crippen LogP contribution is 2.25. The third-order valence-electron chi connectivity index (χ3n) is 3.38. The summed E-state index contributed by atoms with van der Waals surface area (Å²) < 4.78 is 0. The van der Waals surface area contributed by atoms with Crippen LogP contribution in [0.1, 0.15) is 18.4 Å². The van der Waals surface area contributed by atoms with Crippen LogP contribution in [0.15, 0.2) is 36.0 Å². The SMILES string of the molecule is N#CC(=Cc1cn[nH]c1-c1ccc(Cl)cc1)C(=O)NC1CC1. The Hall–Kier alpha value is -2.58. The second-order valence-corrected chi connectivity index (χ2v) is 5.56. The number of nitriles is 1. The summed E-state index contributed by atoms with van der Waals surface area (Å²) in [6.45, 7) is 0. The first-order valence-electron chi connectivity index (χ1n) is 6.89. The first-order valence-corrected chi connectivity index (χ1v) is 7.27. The van der Waals surface area contributed by atoms with E-state index in [1.54, 1.807) is 24.4 Å². The zero-order chi connectivity index (χ0) is 15.5. The fourth-order valence-corrected chi connectivity index (χ4v) is 2.17. The second-order valence-electron chi connectivity index (χ2n) is 5.12. The molecule has 1 aliphatic carbocycles. The minimum atomic E-state index is -0.340. The van der Waals surface area contributed by atoms with Crippen molar-refractivity contribution in [3.8, 4) is 17.3 Å². The molecule has 0 atom stereocenters. The average molecular weight is 313 g/mol. The third-order valence-corrected chi connectivity index (χ3v) is 3.63. The number of amides is 1. The zero-order valence-electron chi connectivity index (χ0n) is 11.6. The minimum absolute atomic E-state index is 0.0727. The van der Waals surface area contributed by atoms with Crippen LogP contribution < -0.4 is 5.32 Å². The molecule has 0 aliphatic heterocycles. The number of rotatable bonds is 4. The van der Waals surface area contributed by atoms with Gasteiger partial charge in [-0.25, -0.2) is 0 Å². The van der Waals surface area contributed by atoms with Crippen molar-refractivity contribution in [2.45, 2.75) is 18.9 Å². The van der Waals surface area contributed by atoms with Gasteiger partial charge in [-0.2, -0.15) is 10.4 Å². The van der Waals surface area contributed by atoms with Crippen LogP contribution in [0.4, 0.5) is 0 Å². The molecule has 1 aromatic carbocycles. The Labute approximate surface area is 132 Å². The first kappa shape index (κ1) is 14.4. The van der Waals surface area contributed by atoms with Gasteiger partial charge in [0.1, 0.15) is 11.6 Å². The van der Waals surface area contributed by atoms with Crippen LogP contribution in [-0.2, 0) is 4.79 Å². The summed E-state index contributed by atoms with van der Waals surface area (Å²) >= 11 is 5.88. The molecule has 22 heavy (non-hydrogen) atoms. The smallest absolute Gasteiger partial charge is 0.262 e. The largest absolute Gasteiger partial charge is 0.349 e. The van der Waals surface area contributed by atoms with Crippen LogP contribution in [-0.4, -0.2) is 22.1 Å². The first-order chi connectivity index (χ1) is 10.7. The van der Waals surface area contributed by atoms with Gasteiger partial charge in [-0.15, -0.1) is 0 Å². The van der Waals surface area contributed by atoms with Crippen molar-refractivity contribution in [1.82, 2.24) is 15.5 Å². The minimum Gasteiger partial charge on any atom is -0.349 e. The van der Waals surface area contributed by atoms with Crippen LogP contribution in [0, 0.1) is 11.3 Å². The highest BCUT2D eigenvalue weighted by atomic mass is 35.5. The number of hydrogen-bond acceptors (Lipinski definition) is 3. The van der Waals surface area contributed by atoms with Crippen LogP contribution in [0.3, 0.4) is 0 Å². The van der Waals surface area contributed by atoms with Gasteiger partial charge >= 0.3 is 0 Å². The van der Waals surface area contributed by atoms with E-state index >= 15 is 0 Å². The molecule has 1 aliphatic rings. The van der Waals surface area contributed by atoms with Gasteiger partial charge in [0, 0.05) is 22.2 Å². The number of hydrogen-bond donors (Lipinski definition) is 2. The summed E-state index contributed by atoms with van der Waals surface area (Å²) in [5, 5.41) is 19.5. The number of benzene rings is 1. The van der Waals surface area contributed by atoms with Gasteiger partial charge < -0.3 is 5.32 Å². The fourth-order valence-electron chi connectivity index (χ4n) is 2.05. The number of nitrogens with one attached hydrogen (secondary N) is 2. The molecular formula is C16H13ClN4O. The molecule has 0 spiro atoms. The molecule has 5 nitrogen and oxygen atoms in total. The Balaban J connectivity index is 1.90. The molecule has 0 unspecified atom stereocenters. The van der Waals surface area contributed by atoms with Crippen LogP contribution in [0.5, 0.6) is 0 Å². The summed E-state index contributed by atoms with van der Waals surface area (Å²) in [6, 6.07) is 9.41. The molecule has 2 N–H and O–H groups in total. The van der Waals surface area contributed by atoms with Crippen molar-refractivity contribution in [2.24, 2.45) is 0 Å². The lowest BCUT2D eigenvalue weighted by atomic mass is 10.1. The molecule has 1 aromatic heterocycles. The number of carbonyl (C=O) groups is 1. The van der Waals surface area contributed by atoms with E-state index in [9.17, 15) is 10.1 Å². The Morgan fingerprint density at radius 1 is 1.41 bits per heavy atom. The molecule has 0 bridgehead atoms. The highest BCUT2D eigenvalue weighted by Gasteiger charge is 2.24. The summed E-state index contributed by atoms with van der Waals surface area (Å²) in [5.74, 6) is -0.340. The summed E-state index contributed by atoms with van der Waals surface area (Å²) in [4.78, 5) is 12.0. The molecule has 1 saturated carbocycles. The monoisotopic (exact) mass is 312 g/mol. The van der Waals surface area contributed by atoms with Gasteiger partial charge in [-0.3, -0.25) is 9.89 Å². The van der Waals surface area contributed by atoms with E-state index < -0.39 is 0 Å². The predicted molar refractivity (Wildman–Crippen MR) is 83.8 cm³/mol. The summed E-state index contributed by atoms with van der Waals surface area (Å²) in [7, 11) is 0. The molecule has 6 heteroatoms. The number of aromatic nitrogens is 2. The molecule has 0 radical (unpaired) electrons. The average Bonchev–Trinajstić information content (AvgIpc) is 3.21. The second kappa shape index (κ2) is 6.04. The van der Waals surface area contributed by atoms with E-state index in [4.69, 9.17) is 11.6 Å². The summed E-state index contributed by atoms with van der Waals surface area (Å²) in [5.41, 5.74) is 2.38. The number of H-pyrrole nitrogens is 1. The molecular weight excluding hydrogens is 300 g/mol. The van der Waals surface area contributed by atoms with Gasteiger partial charge in [0.25, 0.3) is 5.91 Å². The quantitative estimate of drug-likeness (QED) is 0.672. The molecule has 2 aromatic rings. The van der Waals surface area contributed by atoms with E-state index in [2.05, 4.69) is 15.5 Å². The maximum atomic E-state index is 12.0. The van der Waals surface area contributed by atoms with Crippen molar-refractivity contribution < 1.29 is 4.79 Å². The Bertz CT molecular complexity index is 766. The maximum Gasteiger partial charge on any atom is 0.262 e. The van der Waals surface area contributed by atoms with Gasteiger partial charge in [0.05, 0.1) is 11.9 Å². The Morgan fingerprint density at radius 2 is 2.14 bits per heavy atom. The van der Waals surface area contributed by atoms with Crippen molar-refractivity contribution in [3.63, 3.8) is 0 Å². The van der Waals surface area contributed by atoms with Crippen LogP contribution in [0.2, 0.25) is 5.02 Å². The van der Waals surface area contributed by atoms with Crippen molar-refractivity contribution in [3.05, 3.63) is 46.6 Å². The van der Waals surface area contributed by atoms with Gasteiger partial charge in [0.2, 0.25) is 0 Å². The molecule has 0 saturated heterocycles. The van der Waals surface area contributed by atoms with Crippen molar-refractivity contribution in [2.75, 3.05) is 0 Å². The van der Waals surface area contributed by atoms with E-state index in [-0.39, 0.29) is 17.5 Å². The number of halogens is 1. The Kier molecular flexibility index (Phi) is 3.94. The molecule has 1 amide bonds. The van der Waals surface area contributed by atoms with Gasteiger partial charge in [-0.1, -0.05) is 23.7 Å². The van der Waals surface area contributed by atoms with Crippen molar-refractivity contribution in [1.29, 1.82) is 5.26 Å². The van der Waals surface area contributed by atoms with E-state index in [1.165, 1.54) is 0 Å². The molecule has 3 rings (SSSR count). The van der Waals surface area contributed by atoms with E-state index in [0.717, 1.165) is 24.1 Å².